The van der Waals surface area contributed by atoms with E-state index in [0.717, 1.165) is 31.1 Å². The molecular weight excluding hydrogens is 248 g/mol. The Hall–Kier alpha value is -2.10. The average Bonchev–Trinajstić information content (AvgIpc) is 2.70. The first kappa shape index (κ1) is 12.9. The molecule has 0 saturated heterocycles. The largest absolute Gasteiger partial charge is 0.370 e. The molecule has 0 bridgehead atoms. The number of fused-ring (bicyclic) bond motifs is 1. The van der Waals surface area contributed by atoms with Crippen molar-refractivity contribution in [1.29, 1.82) is 0 Å². The summed E-state index contributed by atoms with van der Waals surface area (Å²) in [7, 11) is 0. The average molecular weight is 268 g/mol. The molecule has 0 atom stereocenters. The van der Waals surface area contributed by atoms with Gasteiger partial charge >= 0.3 is 0 Å². The van der Waals surface area contributed by atoms with E-state index in [2.05, 4.69) is 51.4 Å². The number of para-hydroxylation sites is 1. The summed E-state index contributed by atoms with van der Waals surface area (Å²) in [5, 5.41) is 3.25. The lowest BCUT2D eigenvalue weighted by molar-refractivity contribution is 0.757. The first-order valence-electron chi connectivity index (χ1n) is 7.30. The van der Waals surface area contributed by atoms with Gasteiger partial charge in [0.25, 0.3) is 0 Å². The molecule has 2 heterocycles. The molecule has 4 heteroatoms. The first-order chi connectivity index (χ1) is 9.88. The standard InChI is InChI=1S/C16H20N4/c1-2-17-15-11-16(19-12-18-15)20-10-6-5-8-13-7-3-4-9-14(13)20/h3-4,7,9,11-12H,2,5-6,8,10H2,1H3,(H,17,18,19). The first-order valence-corrected chi connectivity index (χ1v) is 7.30. The third kappa shape index (κ3) is 2.59. The van der Waals surface area contributed by atoms with Crippen molar-refractivity contribution in [3.05, 3.63) is 42.2 Å². The highest BCUT2D eigenvalue weighted by Gasteiger charge is 2.17. The molecule has 0 amide bonds. The van der Waals surface area contributed by atoms with Gasteiger partial charge in [0.2, 0.25) is 0 Å². The third-order valence-electron chi connectivity index (χ3n) is 3.65. The normalized spacial score (nSPS) is 14.6. The number of nitrogens with one attached hydrogen (secondary N) is 1. The fourth-order valence-electron chi connectivity index (χ4n) is 2.70. The number of aryl methyl sites for hydroxylation is 1. The minimum absolute atomic E-state index is 0.868. The van der Waals surface area contributed by atoms with Crippen LogP contribution in [0.3, 0.4) is 0 Å². The van der Waals surface area contributed by atoms with Gasteiger partial charge < -0.3 is 10.2 Å². The number of benzene rings is 1. The molecule has 0 spiro atoms. The van der Waals surface area contributed by atoms with Crippen molar-refractivity contribution in [3.8, 4) is 0 Å². The van der Waals surface area contributed by atoms with Crippen molar-refractivity contribution < 1.29 is 0 Å². The second kappa shape index (κ2) is 5.90. The molecule has 0 radical (unpaired) electrons. The molecule has 0 fully saturated rings. The van der Waals surface area contributed by atoms with Crippen molar-refractivity contribution in [2.75, 3.05) is 23.3 Å². The zero-order valence-corrected chi connectivity index (χ0v) is 11.8. The zero-order valence-electron chi connectivity index (χ0n) is 11.8. The van der Waals surface area contributed by atoms with E-state index < -0.39 is 0 Å². The Morgan fingerprint density at radius 3 is 3.00 bits per heavy atom. The molecule has 1 aromatic carbocycles. The van der Waals surface area contributed by atoms with Gasteiger partial charge in [-0.15, -0.1) is 0 Å². The number of anilines is 3. The highest BCUT2D eigenvalue weighted by molar-refractivity contribution is 5.66. The van der Waals surface area contributed by atoms with Crippen LogP contribution in [0.1, 0.15) is 25.3 Å². The van der Waals surface area contributed by atoms with Gasteiger partial charge in [-0.1, -0.05) is 18.2 Å². The van der Waals surface area contributed by atoms with E-state index in [1.54, 1.807) is 6.33 Å². The highest BCUT2D eigenvalue weighted by atomic mass is 15.2. The maximum absolute atomic E-state index is 4.46. The molecule has 4 nitrogen and oxygen atoms in total. The quantitative estimate of drug-likeness (QED) is 0.926. The van der Waals surface area contributed by atoms with Crippen molar-refractivity contribution in [1.82, 2.24) is 9.97 Å². The summed E-state index contributed by atoms with van der Waals surface area (Å²) in [5.41, 5.74) is 2.69. The molecule has 0 aliphatic carbocycles. The van der Waals surface area contributed by atoms with E-state index in [-0.39, 0.29) is 0 Å². The van der Waals surface area contributed by atoms with Gasteiger partial charge in [-0.05, 0) is 37.8 Å². The smallest absolute Gasteiger partial charge is 0.138 e. The lowest BCUT2D eigenvalue weighted by Crippen LogP contribution is -2.19. The second-order valence-corrected chi connectivity index (χ2v) is 5.03. The molecule has 1 aliphatic heterocycles. The van der Waals surface area contributed by atoms with Gasteiger partial charge in [-0.25, -0.2) is 9.97 Å². The summed E-state index contributed by atoms with van der Waals surface area (Å²) < 4.78 is 0. The minimum Gasteiger partial charge on any atom is -0.370 e. The number of aromatic nitrogens is 2. The van der Waals surface area contributed by atoms with Crippen LogP contribution in [-0.4, -0.2) is 23.1 Å². The van der Waals surface area contributed by atoms with E-state index in [1.165, 1.54) is 24.1 Å². The predicted molar refractivity (Wildman–Crippen MR) is 82.6 cm³/mol. The maximum atomic E-state index is 4.46. The third-order valence-corrected chi connectivity index (χ3v) is 3.65. The van der Waals surface area contributed by atoms with Crippen molar-refractivity contribution >= 4 is 17.3 Å². The summed E-state index contributed by atoms with van der Waals surface area (Å²) >= 11 is 0. The van der Waals surface area contributed by atoms with Crippen LogP contribution in [0, 0.1) is 0 Å². The van der Waals surface area contributed by atoms with E-state index in [0.29, 0.717) is 0 Å². The number of rotatable bonds is 3. The monoisotopic (exact) mass is 268 g/mol. The van der Waals surface area contributed by atoms with Crippen LogP contribution in [0.2, 0.25) is 0 Å². The van der Waals surface area contributed by atoms with Crippen LogP contribution in [0.5, 0.6) is 0 Å². The maximum Gasteiger partial charge on any atom is 0.138 e. The van der Waals surface area contributed by atoms with Crippen LogP contribution in [0.25, 0.3) is 0 Å². The summed E-state index contributed by atoms with van der Waals surface area (Å²) in [6.45, 7) is 3.95. The molecule has 0 unspecified atom stereocenters. The molecule has 20 heavy (non-hydrogen) atoms. The van der Waals surface area contributed by atoms with E-state index in [4.69, 9.17) is 0 Å². The molecule has 3 rings (SSSR count). The van der Waals surface area contributed by atoms with Crippen LogP contribution < -0.4 is 10.2 Å². The second-order valence-electron chi connectivity index (χ2n) is 5.03. The molecular formula is C16H20N4. The Balaban J connectivity index is 1.98. The summed E-state index contributed by atoms with van der Waals surface area (Å²) in [6, 6.07) is 10.7. The van der Waals surface area contributed by atoms with Crippen molar-refractivity contribution in [2.24, 2.45) is 0 Å². The number of hydrogen-bond acceptors (Lipinski definition) is 4. The SMILES string of the molecule is CCNc1cc(N2CCCCc3ccccc32)ncn1. The van der Waals surface area contributed by atoms with E-state index in [1.807, 2.05) is 6.07 Å². The van der Waals surface area contributed by atoms with Gasteiger partial charge in [0, 0.05) is 24.8 Å². The number of nitrogens with zero attached hydrogens (tertiary/aromatic N) is 3. The molecule has 1 aromatic heterocycles. The van der Waals surface area contributed by atoms with Gasteiger partial charge in [-0.3, -0.25) is 0 Å². The van der Waals surface area contributed by atoms with Gasteiger partial charge in [0.15, 0.2) is 0 Å². The lowest BCUT2D eigenvalue weighted by atomic mass is 10.1. The van der Waals surface area contributed by atoms with Crippen molar-refractivity contribution in [2.45, 2.75) is 26.2 Å². The minimum atomic E-state index is 0.868. The zero-order chi connectivity index (χ0) is 13.8. The highest BCUT2D eigenvalue weighted by Crippen LogP contribution is 2.31. The molecule has 104 valence electrons. The Kier molecular flexibility index (Phi) is 3.81. The molecule has 0 saturated carbocycles. The van der Waals surface area contributed by atoms with E-state index in [9.17, 15) is 0 Å². The molecule has 2 aromatic rings. The summed E-state index contributed by atoms with van der Waals surface area (Å²) in [4.78, 5) is 11.0. The van der Waals surface area contributed by atoms with E-state index >= 15 is 0 Å². The van der Waals surface area contributed by atoms with Crippen LogP contribution in [-0.2, 0) is 6.42 Å². The molecule has 1 N–H and O–H groups in total. The topological polar surface area (TPSA) is 41.0 Å². The predicted octanol–water partition coefficient (Wildman–Crippen LogP) is 3.38. The van der Waals surface area contributed by atoms with Crippen LogP contribution in [0.15, 0.2) is 36.7 Å². The fourth-order valence-corrected chi connectivity index (χ4v) is 2.70. The van der Waals surface area contributed by atoms with Gasteiger partial charge in [-0.2, -0.15) is 0 Å². The fraction of sp³-hybridized carbons (Fsp3) is 0.375. The molecule has 1 aliphatic rings. The Labute approximate surface area is 119 Å². The lowest BCUT2D eigenvalue weighted by Gasteiger charge is -2.24. The Morgan fingerprint density at radius 1 is 1.20 bits per heavy atom. The summed E-state index contributed by atoms with van der Waals surface area (Å²) in [5.74, 6) is 1.87. The van der Waals surface area contributed by atoms with Gasteiger partial charge in [0.05, 0.1) is 0 Å². The Morgan fingerprint density at radius 2 is 2.10 bits per heavy atom. The Bertz CT molecular complexity index is 582. The van der Waals surface area contributed by atoms with Crippen molar-refractivity contribution in [3.63, 3.8) is 0 Å². The number of hydrogen-bond donors (Lipinski definition) is 1. The van der Waals surface area contributed by atoms with Gasteiger partial charge in [0.1, 0.15) is 18.0 Å². The summed E-state index contributed by atoms with van der Waals surface area (Å²) in [6.07, 6.45) is 5.21. The van der Waals surface area contributed by atoms with Crippen LogP contribution >= 0.6 is 0 Å². The van der Waals surface area contributed by atoms with Crippen LogP contribution in [0.4, 0.5) is 17.3 Å².